The molecule has 1 aromatic heterocycles. The molecule has 2 N–H and O–H groups in total. The molecule has 4 aromatic rings. The maximum absolute atomic E-state index is 13.8. The van der Waals surface area contributed by atoms with Crippen molar-refractivity contribution in [3.63, 3.8) is 0 Å². The average molecular weight is 576 g/mol. The number of hydrogen-bond donors (Lipinski definition) is 2. The summed E-state index contributed by atoms with van der Waals surface area (Å²) in [6.45, 7) is 1.94. The number of benzene rings is 3. The van der Waals surface area contributed by atoms with Gasteiger partial charge in [0.15, 0.2) is 0 Å². The number of halogens is 1. The number of terminal acetylenes is 1. The third-order valence-corrected chi connectivity index (χ3v) is 8.08. The summed E-state index contributed by atoms with van der Waals surface area (Å²) in [5, 5.41) is 5.92. The van der Waals surface area contributed by atoms with E-state index in [-0.39, 0.29) is 24.2 Å². The Bertz CT molecular complexity index is 1740. The van der Waals surface area contributed by atoms with E-state index in [1.165, 1.54) is 12.1 Å². The first-order valence-corrected chi connectivity index (χ1v) is 14.1. The van der Waals surface area contributed by atoms with Gasteiger partial charge in [-0.15, -0.1) is 6.42 Å². The Kier molecular flexibility index (Phi) is 7.32. The first kappa shape index (κ1) is 28.0. The molecule has 2 aliphatic rings. The molecular formula is C35H30FN3O4. The number of fused-ring (bicyclic) bond motifs is 1. The van der Waals surface area contributed by atoms with E-state index in [0.29, 0.717) is 28.2 Å². The van der Waals surface area contributed by atoms with Crippen molar-refractivity contribution in [2.75, 3.05) is 13.7 Å². The normalized spacial score (nSPS) is 17.6. The summed E-state index contributed by atoms with van der Waals surface area (Å²) in [5.41, 5.74) is 4.50. The summed E-state index contributed by atoms with van der Waals surface area (Å²) in [4.78, 5) is 31.4. The summed E-state index contributed by atoms with van der Waals surface area (Å²) in [7, 11) is 1.58. The number of aromatic nitrogens is 1. The van der Waals surface area contributed by atoms with Gasteiger partial charge in [-0.05, 0) is 90.6 Å². The molecule has 1 saturated carbocycles. The van der Waals surface area contributed by atoms with Gasteiger partial charge in [0.1, 0.15) is 35.9 Å². The van der Waals surface area contributed by atoms with Gasteiger partial charge in [-0.3, -0.25) is 14.6 Å². The number of amides is 2. The molecule has 1 fully saturated rings. The number of rotatable bonds is 8. The lowest BCUT2D eigenvalue weighted by Gasteiger charge is -2.20. The molecule has 43 heavy (non-hydrogen) atoms. The minimum absolute atomic E-state index is 0.0131. The van der Waals surface area contributed by atoms with E-state index in [1.807, 2.05) is 49.4 Å². The zero-order valence-corrected chi connectivity index (χ0v) is 23.8. The molecule has 216 valence electrons. The standard InChI is InChI=1S/C35H30FN3O4/c1-4-17-42-29-18-21(2)25(20-27(29)33(40)39-35(14-15-35)30-7-5-6-16-38-30)23-10-13-28-26(19-23)31(34(41)37-3)32(43-28)22-8-11-24(36)12-9-22/h1,5-13,16,18-20,31-32H,14-15,17H2,2-3H3,(H,37,41)(H,39,40). The number of aryl methyl sites for hydroxylation is 1. The molecule has 2 atom stereocenters. The van der Waals surface area contributed by atoms with Crippen LogP contribution < -0.4 is 20.1 Å². The molecule has 0 bridgehead atoms. The number of nitrogens with zero attached hydrogens (tertiary/aromatic N) is 1. The molecule has 2 amide bonds. The van der Waals surface area contributed by atoms with Gasteiger partial charge in [0.2, 0.25) is 5.91 Å². The molecule has 0 radical (unpaired) electrons. The van der Waals surface area contributed by atoms with Crippen LogP contribution in [0.3, 0.4) is 0 Å². The molecule has 1 aliphatic heterocycles. The van der Waals surface area contributed by atoms with Gasteiger partial charge in [-0.1, -0.05) is 30.2 Å². The molecule has 8 heteroatoms. The number of hydrogen-bond acceptors (Lipinski definition) is 5. The van der Waals surface area contributed by atoms with E-state index >= 15 is 0 Å². The molecular weight excluding hydrogens is 545 g/mol. The second kappa shape index (κ2) is 11.3. The van der Waals surface area contributed by atoms with Crippen LogP contribution in [0.15, 0.2) is 79.0 Å². The van der Waals surface area contributed by atoms with Gasteiger partial charge in [0, 0.05) is 18.8 Å². The fourth-order valence-corrected chi connectivity index (χ4v) is 5.69. The van der Waals surface area contributed by atoms with E-state index in [2.05, 4.69) is 21.5 Å². The monoisotopic (exact) mass is 575 g/mol. The molecule has 0 saturated heterocycles. The summed E-state index contributed by atoms with van der Waals surface area (Å²) < 4.78 is 25.7. The smallest absolute Gasteiger partial charge is 0.255 e. The van der Waals surface area contributed by atoms with E-state index in [4.69, 9.17) is 15.9 Å². The van der Waals surface area contributed by atoms with E-state index in [1.54, 1.807) is 31.4 Å². The Hall–Kier alpha value is -5.16. The van der Waals surface area contributed by atoms with E-state index < -0.39 is 17.6 Å². The van der Waals surface area contributed by atoms with Gasteiger partial charge < -0.3 is 20.1 Å². The maximum atomic E-state index is 13.8. The van der Waals surface area contributed by atoms with Gasteiger partial charge in [-0.2, -0.15) is 0 Å². The lowest BCUT2D eigenvalue weighted by Crippen LogP contribution is -2.35. The first-order valence-electron chi connectivity index (χ1n) is 14.1. The van der Waals surface area contributed by atoms with Crippen molar-refractivity contribution in [1.82, 2.24) is 15.6 Å². The summed E-state index contributed by atoms with van der Waals surface area (Å²) in [5.74, 6) is 1.90. The van der Waals surface area contributed by atoms with Crippen LogP contribution in [0.2, 0.25) is 0 Å². The van der Waals surface area contributed by atoms with Gasteiger partial charge in [0.25, 0.3) is 5.91 Å². The van der Waals surface area contributed by atoms with Crippen LogP contribution in [0.25, 0.3) is 11.1 Å². The lowest BCUT2D eigenvalue weighted by molar-refractivity contribution is -0.123. The molecule has 0 spiro atoms. The largest absolute Gasteiger partial charge is 0.484 e. The first-order chi connectivity index (χ1) is 20.8. The highest BCUT2D eigenvalue weighted by Crippen LogP contribution is 2.48. The van der Waals surface area contributed by atoms with E-state index in [0.717, 1.165) is 35.2 Å². The van der Waals surface area contributed by atoms with Gasteiger partial charge >= 0.3 is 0 Å². The van der Waals surface area contributed by atoms with Gasteiger partial charge in [0.05, 0.1) is 16.8 Å². The number of nitrogens with one attached hydrogen (secondary N) is 2. The second-order valence-corrected chi connectivity index (χ2v) is 10.8. The molecule has 1 aliphatic carbocycles. The number of carbonyl (C=O) groups is 2. The van der Waals surface area contributed by atoms with Crippen molar-refractivity contribution in [2.45, 2.75) is 37.3 Å². The second-order valence-electron chi connectivity index (χ2n) is 10.8. The number of pyridine rings is 1. The van der Waals surface area contributed by atoms with Crippen molar-refractivity contribution in [3.05, 3.63) is 113 Å². The van der Waals surface area contributed by atoms with Crippen LogP contribution in [0.5, 0.6) is 11.5 Å². The van der Waals surface area contributed by atoms with Crippen LogP contribution in [-0.4, -0.2) is 30.5 Å². The van der Waals surface area contributed by atoms with Crippen LogP contribution in [-0.2, 0) is 10.3 Å². The SMILES string of the molecule is C#CCOc1cc(C)c(-c2ccc3c(c2)C(C(=O)NC)C(c2ccc(F)cc2)O3)cc1C(=O)NC1(c2ccccn2)CC1. The maximum Gasteiger partial charge on any atom is 0.255 e. The average Bonchev–Trinajstić information content (AvgIpc) is 3.71. The highest BCUT2D eigenvalue weighted by atomic mass is 19.1. The third kappa shape index (κ3) is 5.30. The van der Waals surface area contributed by atoms with Crippen molar-refractivity contribution < 1.29 is 23.5 Å². The number of ether oxygens (including phenoxy) is 2. The summed E-state index contributed by atoms with van der Waals surface area (Å²) in [6, 6.07) is 20.9. The topological polar surface area (TPSA) is 89.5 Å². The third-order valence-electron chi connectivity index (χ3n) is 8.08. The van der Waals surface area contributed by atoms with Crippen LogP contribution >= 0.6 is 0 Å². The van der Waals surface area contributed by atoms with Gasteiger partial charge in [-0.25, -0.2) is 4.39 Å². The van der Waals surface area contributed by atoms with Crippen molar-refractivity contribution in [2.24, 2.45) is 0 Å². The zero-order valence-electron chi connectivity index (χ0n) is 23.8. The number of carbonyl (C=O) groups excluding carboxylic acids is 2. The van der Waals surface area contributed by atoms with Crippen LogP contribution in [0, 0.1) is 25.1 Å². The quantitative estimate of drug-likeness (QED) is 0.268. The summed E-state index contributed by atoms with van der Waals surface area (Å²) in [6.07, 6.45) is 8.14. The minimum atomic E-state index is -0.653. The Morgan fingerprint density at radius 3 is 2.58 bits per heavy atom. The Balaban J connectivity index is 1.38. The van der Waals surface area contributed by atoms with Crippen molar-refractivity contribution in [3.8, 4) is 35.0 Å². The number of likely N-dealkylation sites (N-methyl/N-ethyl adjacent to an activating group) is 1. The molecule has 2 heterocycles. The lowest BCUT2D eigenvalue weighted by atomic mass is 9.88. The zero-order chi connectivity index (χ0) is 30.1. The predicted octanol–water partition coefficient (Wildman–Crippen LogP) is 5.59. The van der Waals surface area contributed by atoms with Crippen molar-refractivity contribution >= 4 is 11.8 Å². The molecule has 3 aromatic carbocycles. The minimum Gasteiger partial charge on any atom is -0.484 e. The highest BCUT2D eigenvalue weighted by Gasteiger charge is 2.47. The highest BCUT2D eigenvalue weighted by molar-refractivity contribution is 5.99. The van der Waals surface area contributed by atoms with Crippen LogP contribution in [0.4, 0.5) is 4.39 Å². The Morgan fingerprint density at radius 2 is 1.91 bits per heavy atom. The fourth-order valence-electron chi connectivity index (χ4n) is 5.69. The van der Waals surface area contributed by atoms with Crippen LogP contribution in [0.1, 0.15) is 57.6 Å². The Labute approximate surface area is 249 Å². The predicted molar refractivity (Wildman–Crippen MR) is 160 cm³/mol. The Morgan fingerprint density at radius 1 is 1.12 bits per heavy atom. The molecule has 6 rings (SSSR count). The fraction of sp³-hybridized carbons (Fsp3) is 0.229. The molecule has 7 nitrogen and oxygen atoms in total. The summed E-state index contributed by atoms with van der Waals surface area (Å²) >= 11 is 0. The van der Waals surface area contributed by atoms with E-state index in [9.17, 15) is 14.0 Å². The van der Waals surface area contributed by atoms with Crippen molar-refractivity contribution in [1.29, 1.82) is 0 Å². The molecule has 2 unspecified atom stereocenters.